The molecule has 1 amide bonds. The van der Waals surface area contributed by atoms with Crippen LogP contribution < -0.4 is 15.9 Å². The van der Waals surface area contributed by atoms with Gasteiger partial charge < -0.3 is 15.9 Å². The third kappa shape index (κ3) is 4.07. The minimum Gasteiger partial charge on any atom is -0.497 e. The summed E-state index contributed by atoms with van der Waals surface area (Å²) in [6.07, 6.45) is 1.65. The molecule has 0 aliphatic carbocycles. The molecule has 0 saturated heterocycles. The van der Waals surface area contributed by atoms with E-state index in [9.17, 15) is 4.79 Å². The Balaban J connectivity index is 1.62. The van der Waals surface area contributed by atoms with Crippen LogP contribution in [-0.2, 0) is 4.79 Å². The first-order valence-electron chi connectivity index (χ1n) is 7.36. The molecule has 0 fully saturated rings. The fourth-order valence-electron chi connectivity index (χ4n) is 2.07. The third-order valence-electron chi connectivity index (χ3n) is 3.24. The fraction of sp³-hybridized carbons (Fsp3) is 0.125. The van der Waals surface area contributed by atoms with E-state index in [1.165, 1.54) is 16.4 Å². The van der Waals surface area contributed by atoms with Gasteiger partial charge in [0.1, 0.15) is 11.4 Å². The summed E-state index contributed by atoms with van der Waals surface area (Å²) < 4.78 is 6.45. The number of amides is 1. The number of rotatable bonds is 6. The van der Waals surface area contributed by atoms with Crippen molar-refractivity contribution in [2.24, 2.45) is 0 Å². The van der Waals surface area contributed by atoms with E-state index >= 15 is 0 Å². The number of nitrogens with two attached hydrogens (primary N) is 1. The van der Waals surface area contributed by atoms with Gasteiger partial charge in [0.15, 0.2) is 0 Å². The van der Waals surface area contributed by atoms with Crippen LogP contribution in [-0.4, -0.2) is 38.6 Å². The van der Waals surface area contributed by atoms with Crippen molar-refractivity contribution in [3.63, 3.8) is 0 Å². The van der Waals surface area contributed by atoms with Crippen molar-refractivity contribution in [2.45, 2.75) is 5.16 Å². The van der Waals surface area contributed by atoms with E-state index in [0.717, 1.165) is 0 Å². The van der Waals surface area contributed by atoms with Crippen LogP contribution in [0.1, 0.15) is 0 Å². The number of aromatic nitrogens is 4. The van der Waals surface area contributed by atoms with Crippen LogP contribution in [0.2, 0.25) is 0 Å². The van der Waals surface area contributed by atoms with Crippen molar-refractivity contribution in [3.05, 3.63) is 48.7 Å². The molecular weight excluding hydrogens is 340 g/mol. The minimum atomic E-state index is -0.180. The maximum absolute atomic E-state index is 12.1. The highest BCUT2D eigenvalue weighted by Gasteiger charge is 2.14. The molecule has 9 heteroatoms. The normalized spacial score (nSPS) is 10.4. The summed E-state index contributed by atoms with van der Waals surface area (Å²) >= 11 is 1.19. The van der Waals surface area contributed by atoms with Crippen molar-refractivity contribution in [3.8, 4) is 17.3 Å². The molecule has 128 valence electrons. The Morgan fingerprint density at radius 2 is 2.16 bits per heavy atom. The van der Waals surface area contributed by atoms with E-state index in [2.05, 4.69) is 20.5 Å². The minimum absolute atomic E-state index is 0.148. The largest absolute Gasteiger partial charge is 0.497 e. The van der Waals surface area contributed by atoms with E-state index in [-0.39, 0.29) is 11.7 Å². The van der Waals surface area contributed by atoms with Gasteiger partial charge in [-0.25, -0.2) is 4.68 Å². The van der Waals surface area contributed by atoms with Gasteiger partial charge in [0.05, 0.1) is 12.9 Å². The number of carbonyl (C=O) groups excluding carboxylic acids is 1. The van der Waals surface area contributed by atoms with Crippen molar-refractivity contribution in [1.82, 2.24) is 19.9 Å². The second-order valence-corrected chi connectivity index (χ2v) is 5.90. The number of nitrogens with one attached hydrogen (secondary N) is 1. The summed E-state index contributed by atoms with van der Waals surface area (Å²) in [4.78, 5) is 16.3. The molecule has 1 aromatic carbocycles. The quantitative estimate of drug-likeness (QED) is 0.512. The van der Waals surface area contributed by atoms with Gasteiger partial charge in [-0.05, 0) is 24.3 Å². The fourth-order valence-corrected chi connectivity index (χ4v) is 2.73. The smallest absolute Gasteiger partial charge is 0.234 e. The highest BCUT2D eigenvalue weighted by molar-refractivity contribution is 7.99. The molecule has 3 aromatic rings. The van der Waals surface area contributed by atoms with Gasteiger partial charge in [0, 0.05) is 18.0 Å². The maximum atomic E-state index is 12.1. The molecular formula is C16H16N6O2S. The van der Waals surface area contributed by atoms with Gasteiger partial charge in [-0.3, -0.25) is 9.78 Å². The van der Waals surface area contributed by atoms with Crippen molar-refractivity contribution in [2.75, 3.05) is 24.0 Å². The molecule has 3 N–H and O–H groups in total. The Morgan fingerprint density at radius 1 is 1.28 bits per heavy atom. The topological polar surface area (TPSA) is 108 Å². The molecule has 0 aliphatic heterocycles. The van der Waals surface area contributed by atoms with Crippen LogP contribution >= 0.6 is 11.8 Å². The molecule has 8 nitrogen and oxygen atoms in total. The van der Waals surface area contributed by atoms with E-state index in [1.54, 1.807) is 49.7 Å². The number of methoxy groups -OCH3 is 1. The van der Waals surface area contributed by atoms with Crippen LogP contribution in [0, 0.1) is 0 Å². The standard InChI is InChI=1S/C16H16N6O2S/c1-24-12-6-4-5-11(9-12)19-14(23)10-25-16-21-20-15(22(16)17)13-7-2-3-8-18-13/h2-9H,10,17H2,1H3,(H,19,23). The molecule has 2 heterocycles. The molecule has 0 unspecified atom stereocenters. The molecule has 0 saturated carbocycles. The van der Waals surface area contributed by atoms with E-state index in [1.807, 2.05) is 6.07 Å². The van der Waals surface area contributed by atoms with Crippen molar-refractivity contribution >= 4 is 23.4 Å². The zero-order valence-electron chi connectivity index (χ0n) is 13.4. The van der Waals surface area contributed by atoms with Crippen molar-refractivity contribution in [1.29, 1.82) is 0 Å². The Labute approximate surface area is 148 Å². The third-order valence-corrected chi connectivity index (χ3v) is 4.19. The molecule has 3 rings (SSSR count). The zero-order valence-corrected chi connectivity index (χ0v) is 14.2. The number of anilines is 1. The Hall–Kier alpha value is -3.07. The lowest BCUT2D eigenvalue weighted by Crippen LogP contribution is -2.16. The number of ether oxygens (including phenoxy) is 1. The maximum Gasteiger partial charge on any atom is 0.234 e. The monoisotopic (exact) mass is 356 g/mol. The molecule has 0 bridgehead atoms. The Bertz CT molecular complexity index is 868. The molecule has 0 radical (unpaired) electrons. The summed E-state index contributed by atoms with van der Waals surface area (Å²) in [5.41, 5.74) is 1.28. The van der Waals surface area contributed by atoms with E-state index in [4.69, 9.17) is 10.6 Å². The molecule has 25 heavy (non-hydrogen) atoms. The average molecular weight is 356 g/mol. The lowest BCUT2D eigenvalue weighted by atomic mass is 10.3. The molecule has 0 aliphatic rings. The second kappa shape index (κ2) is 7.67. The number of nitrogens with zero attached hydrogens (tertiary/aromatic N) is 4. The molecule has 0 spiro atoms. The van der Waals surface area contributed by atoms with Gasteiger partial charge in [0.25, 0.3) is 0 Å². The summed E-state index contributed by atoms with van der Waals surface area (Å²) in [6, 6.07) is 12.6. The first-order chi connectivity index (χ1) is 12.2. The summed E-state index contributed by atoms with van der Waals surface area (Å²) in [5.74, 6) is 7.08. The summed E-state index contributed by atoms with van der Waals surface area (Å²) in [5, 5.41) is 11.3. The van der Waals surface area contributed by atoms with Gasteiger partial charge >= 0.3 is 0 Å². The van der Waals surface area contributed by atoms with Gasteiger partial charge in [-0.2, -0.15) is 0 Å². The Kier molecular flexibility index (Phi) is 5.14. The van der Waals surface area contributed by atoms with Crippen LogP contribution in [0.4, 0.5) is 5.69 Å². The van der Waals surface area contributed by atoms with Gasteiger partial charge in [-0.1, -0.05) is 23.9 Å². The number of thioether (sulfide) groups is 1. The van der Waals surface area contributed by atoms with Crippen LogP contribution in [0.25, 0.3) is 11.5 Å². The SMILES string of the molecule is COc1cccc(NC(=O)CSc2nnc(-c3ccccn3)n2N)c1. The number of carbonyl (C=O) groups is 1. The number of benzene rings is 1. The lowest BCUT2D eigenvalue weighted by Gasteiger charge is -2.07. The van der Waals surface area contributed by atoms with Crippen LogP contribution in [0.3, 0.4) is 0 Å². The summed E-state index contributed by atoms with van der Waals surface area (Å²) in [7, 11) is 1.57. The van der Waals surface area contributed by atoms with Gasteiger partial charge in [0.2, 0.25) is 16.9 Å². The first kappa shape index (κ1) is 16.8. The number of hydrogen-bond acceptors (Lipinski definition) is 7. The predicted octanol–water partition coefficient (Wildman–Crippen LogP) is 1.79. The second-order valence-electron chi connectivity index (χ2n) is 4.96. The molecule has 2 aromatic heterocycles. The first-order valence-corrected chi connectivity index (χ1v) is 8.34. The Morgan fingerprint density at radius 3 is 2.92 bits per heavy atom. The van der Waals surface area contributed by atoms with E-state index in [0.29, 0.717) is 28.1 Å². The number of hydrogen-bond donors (Lipinski definition) is 2. The highest BCUT2D eigenvalue weighted by Crippen LogP contribution is 2.21. The zero-order chi connectivity index (χ0) is 17.6. The average Bonchev–Trinajstić information content (AvgIpc) is 3.01. The highest BCUT2D eigenvalue weighted by atomic mass is 32.2. The van der Waals surface area contributed by atoms with E-state index < -0.39 is 0 Å². The van der Waals surface area contributed by atoms with Crippen LogP contribution in [0.15, 0.2) is 53.8 Å². The van der Waals surface area contributed by atoms with Crippen molar-refractivity contribution < 1.29 is 9.53 Å². The lowest BCUT2D eigenvalue weighted by molar-refractivity contribution is -0.113. The number of nitrogen functional groups attached to an aromatic ring is 1. The molecule has 0 atom stereocenters. The van der Waals surface area contributed by atoms with Gasteiger partial charge in [-0.15, -0.1) is 10.2 Å². The number of pyridine rings is 1. The van der Waals surface area contributed by atoms with Crippen LogP contribution in [0.5, 0.6) is 5.75 Å². The predicted molar refractivity (Wildman–Crippen MR) is 95.8 cm³/mol. The summed E-state index contributed by atoms with van der Waals surface area (Å²) in [6.45, 7) is 0.